The molecule has 128 valence electrons. The van der Waals surface area contributed by atoms with Gasteiger partial charge in [0.2, 0.25) is 0 Å². The molecule has 0 bridgehead atoms. The van der Waals surface area contributed by atoms with Gasteiger partial charge in [-0.05, 0) is 17.7 Å². The van der Waals surface area contributed by atoms with Gasteiger partial charge in [0.15, 0.2) is 0 Å². The zero-order valence-corrected chi connectivity index (χ0v) is 13.8. The summed E-state index contributed by atoms with van der Waals surface area (Å²) in [6, 6.07) is 15.5. The van der Waals surface area contributed by atoms with E-state index in [0.29, 0.717) is 12.1 Å². The molecule has 9 heteroatoms. The van der Waals surface area contributed by atoms with Crippen molar-refractivity contribution in [2.75, 3.05) is 5.73 Å². The van der Waals surface area contributed by atoms with Crippen molar-refractivity contribution in [3.05, 3.63) is 82.0 Å². The summed E-state index contributed by atoms with van der Waals surface area (Å²) >= 11 is 0. The Kier molecular flexibility index (Phi) is 4.24. The topological polar surface area (TPSA) is 121 Å². The summed E-state index contributed by atoms with van der Waals surface area (Å²) in [5.74, 6) is -0.0238. The van der Waals surface area contributed by atoms with Gasteiger partial charge in [0.1, 0.15) is 5.82 Å². The van der Waals surface area contributed by atoms with E-state index in [0.717, 1.165) is 33.9 Å². The van der Waals surface area contributed by atoms with Gasteiger partial charge in [0.05, 0.1) is 15.5 Å². The summed E-state index contributed by atoms with van der Waals surface area (Å²) in [7, 11) is -4.03. The Morgan fingerprint density at radius 3 is 2.32 bits per heavy atom. The molecule has 0 saturated heterocycles. The number of aromatic nitrogens is 2. The van der Waals surface area contributed by atoms with Gasteiger partial charge in [0.25, 0.3) is 15.7 Å². The minimum Gasteiger partial charge on any atom is -0.383 e. The van der Waals surface area contributed by atoms with Crippen molar-refractivity contribution in [3.63, 3.8) is 0 Å². The Labute approximate surface area is 143 Å². The minimum absolute atomic E-state index is 0.0238. The van der Waals surface area contributed by atoms with Crippen LogP contribution < -0.4 is 5.73 Å². The molecule has 2 aromatic carbocycles. The van der Waals surface area contributed by atoms with Gasteiger partial charge in [-0.2, -0.15) is 13.5 Å². The molecule has 0 saturated carbocycles. The largest absolute Gasteiger partial charge is 0.383 e. The average Bonchev–Trinajstić information content (AvgIpc) is 2.97. The third-order valence-electron chi connectivity index (χ3n) is 3.56. The molecule has 0 amide bonds. The van der Waals surface area contributed by atoms with E-state index in [4.69, 9.17) is 5.73 Å². The van der Waals surface area contributed by atoms with Gasteiger partial charge < -0.3 is 5.73 Å². The lowest BCUT2D eigenvalue weighted by Gasteiger charge is -2.05. The Morgan fingerprint density at radius 2 is 1.72 bits per heavy atom. The maximum Gasteiger partial charge on any atom is 0.284 e. The van der Waals surface area contributed by atoms with Crippen LogP contribution in [0.1, 0.15) is 11.3 Å². The van der Waals surface area contributed by atoms with Crippen molar-refractivity contribution < 1.29 is 13.3 Å². The number of rotatable bonds is 5. The minimum atomic E-state index is -4.03. The first-order valence-electron chi connectivity index (χ1n) is 7.26. The number of non-ortho nitro benzene ring substituents is 1. The van der Waals surface area contributed by atoms with Crippen molar-refractivity contribution >= 4 is 21.5 Å². The normalized spacial score (nSPS) is 11.4. The fourth-order valence-corrected chi connectivity index (χ4v) is 3.58. The van der Waals surface area contributed by atoms with E-state index in [9.17, 15) is 18.5 Å². The molecule has 25 heavy (non-hydrogen) atoms. The molecule has 3 aromatic rings. The van der Waals surface area contributed by atoms with Gasteiger partial charge in [-0.3, -0.25) is 10.1 Å². The molecule has 1 heterocycles. The van der Waals surface area contributed by atoms with E-state index in [-0.39, 0.29) is 16.4 Å². The van der Waals surface area contributed by atoms with Gasteiger partial charge in [-0.25, -0.2) is 0 Å². The number of hydrogen-bond acceptors (Lipinski definition) is 6. The van der Waals surface area contributed by atoms with Crippen molar-refractivity contribution in [1.29, 1.82) is 0 Å². The van der Waals surface area contributed by atoms with Crippen LogP contribution in [0.2, 0.25) is 0 Å². The number of hydrogen-bond donors (Lipinski definition) is 1. The predicted octanol–water partition coefficient (Wildman–Crippen LogP) is 2.20. The molecule has 2 N–H and O–H groups in total. The summed E-state index contributed by atoms with van der Waals surface area (Å²) in [6.45, 7) is 0. The highest BCUT2D eigenvalue weighted by molar-refractivity contribution is 7.90. The van der Waals surface area contributed by atoms with Crippen LogP contribution in [0.25, 0.3) is 0 Å². The van der Waals surface area contributed by atoms with Gasteiger partial charge in [-0.1, -0.05) is 30.3 Å². The summed E-state index contributed by atoms with van der Waals surface area (Å²) in [4.78, 5) is 9.96. The van der Waals surface area contributed by atoms with Crippen LogP contribution in [-0.4, -0.2) is 22.5 Å². The highest BCUT2D eigenvalue weighted by Gasteiger charge is 2.22. The Hall–Kier alpha value is -3.20. The molecular formula is C16H14N4O4S. The third kappa shape index (κ3) is 3.36. The molecule has 3 rings (SSSR count). The molecule has 0 atom stereocenters. The van der Waals surface area contributed by atoms with Crippen LogP contribution in [0, 0.1) is 10.1 Å². The van der Waals surface area contributed by atoms with Crippen LogP contribution in [-0.2, 0) is 16.4 Å². The fourth-order valence-electron chi connectivity index (χ4n) is 2.35. The second kappa shape index (κ2) is 6.36. The van der Waals surface area contributed by atoms with E-state index >= 15 is 0 Å². The van der Waals surface area contributed by atoms with E-state index in [1.165, 1.54) is 6.07 Å². The first-order valence-corrected chi connectivity index (χ1v) is 8.70. The summed E-state index contributed by atoms with van der Waals surface area (Å²) in [5.41, 5.74) is 7.09. The maximum absolute atomic E-state index is 12.7. The smallest absolute Gasteiger partial charge is 0.284 e. The number of nitrogens with zero attached hydrogens (tertiary/aromatic N) is 3. The number of nitrogen functional groups attached to an aromatic ring is 1. The highest BCUT2D eigenvalue weighted by Crippen LogP contribution is 2.21. The van der Waals surface area contributed by atoms with Crippen LogP contribution in [0.4, 0.5) is 11.5 Å². The fraction of sp³-hybridized carbons (Fsp3) is 0.0625. The van der Waals surface area contributed by atoms with Gasteiger partial charge >= 0.3 is 0 Å². The molecule has 1 aromatic heterocycles. The van der Waals surface area contributed by atoms with Crippen molar-refractivity contribution in [2.24, 2.45) is 0 Å². The van der Waals surface area contributed by atoms with Crippen LogP contribution >= 0.6 is 0 Å². The predicted molar refractivity (Wildman–Crippen MR) is 91.6 cm³/mol. The second-order valence-corrected chi connectivity index (χ2v) is 7.09. The molecule has 0 aliphatic heterocycles. The number of benzene rings is 2. The SMILES string of the molecule is Nc1cc(Cc2ccccc2)nn1S(=O)(=O)c1ccc([N+](=O)[O-])cc1. The van der Waals surface area contributed by atoms with Crippen LogP contribution in [0.15, 0.2) is 65.6 Å². The van der Waals surface area contributed by atoms with Gasteiger partial charge in [-0.15, -0.1) is 4.09 Å². The first-order chi connectivity index (χ1) is 11.9. The quantitative estimate of drug-likeness (QED) is 0.551. The Morgan fingerprint density at radius 1 is 1.08 bits per heavy atom. The second-order valence-electron chi connectivity index (χ2n) is 5.32. The summed E-state index contributed by atoms with van der Waals surface area (Å²) in [6.07, 6.45) is 0.438. The third-order valence-corrected chi connectivity index (χ3v) is 5.17. The monoisotopic (exact) mass is 358 g/mol. The number of nitro groups is 1. The van der Waals surface area contributed by atoms with Crippen molar-refractivity contribution in [1.82, 2.24) is 9.19 Å². The number of nitro benzene ring substituents is 1. The van der Waals surface area contributed by atoms with Crippen LogP contribution in [0.3, 0.4) is 0 Å². The average molecular weight is 358 g/mol. The number of anilines is 1. The molecule has 0 spiro atoms. The van der Waals surface area contributed by atoms with E-state index in [1.54, 1.807) is 0 Å². The van der Waals surface area contributed by atoms with Gasteiger partial charge in [0, 0.05) is 24.6 Å². The summed E-state index contributed by atoms with van der Waals surface area (Å²) < 4.78 is 26.0. The van der Waals surface area contributed by atoms with E-state index in [1.807, 2.05) is 30.3 Å². The van der Waals surface area contributed by atoms with Crippen molar-refractivity contribution in [2.45, 2.75) is 11.3 Å². The van der Waals surface area contributed by atoms with E-state index < -0.39 is 14.9 Å². The van der Waals surface area contributed by atoms with Crippen LogP contribution in [0.5, 0.6) is 0 Å². The Bertz CT molecular complexity index is 1010. The maximum atomic E-state index is 12.7. The highest BCUT2D eigenvalue weighted by atomic mass is 32.2. The summed E-state index contributed by atoms with van der Waals surface area (Å²) in [5, 5.41) is 14.8. The zero-order valence-electron chi connectivity index (χ0n) is 12.9. The standard InChI is InChI=1S/C16H14N4O4S/c17-16-11-13(10-12-4-2-1-3-5-12)18-19(16)25(23,24)15-8-6-14(7-9-15)20(21)22/h1-9,11H,10,17H2. The lowest BCUT2D eigenvalue weighted by Crippen LogP contribution is -2.17. The molecule has 0 aliphatic rings. The van der Waals surface area contributed by atoms with E-state index in [2.05, 4.69) is 5.10 Å². The molecular weight excluding hydrogens is 344 g/mol. The Balaban J connectivity index is 1.93. The lowest BCUT2D eigenvalue weighted by atomic mass is 10.1. The molecule has 0 fully saturated rings. The lowest BCUT2D eigenvalue weighted by molar-refractivity contribution is -0.384. The molecule has 0 aliphatic carbocycles. The van der Waals surface area contributed by atoms with Crippen molar-refractivity contribution in [3.8, 4) is 0 Å². The molecule has 8 nitrogen and oxygen atoms in total. The first kappa shape index (κ1) is 16.7. The molecule has 0 unspecified atom stereocenters. The zero-order chi connectivity index (χ0) is 18.0. The molecule has 0 radical (unpaired) electrons. The number of nitrogens with two attached hydrogens (primary N) is 1.